The zero-order valence-electron chi connectivity index (χ0n) is 20.8. The summed E-state index contributed by atoms with van der Waals surface area (Å²) in [6.45, 7) is 3.86. The van der Waals surface area contributed by atoms with Gasteiger partial charge in [-0.1, -0.05) is 12.1 Å². The summed E-state index contributed by atoms with van der Waals surface area (Å²) in [6, 6.07) is 6.01. The van der Waals surface area contributed by atoms with Gasteiger partial charge in [0.15, 0.2) is 8.32 Å². The molecule has 0 aliphatic carbocycles. The quantitative estimate of drug-likeness (QED) is 0.168. The molecule has 13 heteroatoms. The van der Waals surface area contributed by atoms with Crippen LogP contribution in [-0.2, 0) is 22.4 Å². The second-order valence-electron chi connectivity index (χ2n) is 9.50. The van der Waals surface area contributed by atoms with E-state index in [-0.39, 0.29) is 35.8 Å². The number of nitrogen functional groups attached to an aromatic ring is 1. The molecule has 8 N–H and O–H groups in total. The monoisotopic (exact) mass is 528 g/mol. The Labute approximate surface area is 213 Å². The Kier molecular flexibility index (Phi) is 8.84. The number of carbonyl (C=O) groups is 3. The third-order valence-corrected chi connectivity index (χ3v) is 7.34. The number of carboxylic acid groups (broad SMARTS) is 1. The second kappa shape index (κ2) is 11.8. The van der Waals surface area contributed by atoms with Crippen molar-refractivity contribution in [3.63, 3.8) is 0 Å². The van der Waals surface area contributed by atoms with Crippen LogP contribution in [0.1, 0.15) is 34.3 Å². The maximum atomic E-state index is 12.6. The van der Waals surface area contributed by atoms with E-state index in [4.69, 9.17) is 5.73 Å². The number of hydrogen-bond donors (Lipinski definition) is 7. The first kappa shape index (κ1) is 27.6. The minimum Gasteiger partial charge on any atom is -0.480 e. The zero-order valence-corrected chi connectivity index (χ0v) is 21.8. The highest BCUT2D eigenvalue weighted by Gasteiger charge is 2.22. The van der Waals surface area contributed by atoms with Gasteiger partial charge in [-0.2, -0.15) is 4.98 Å². The highest BCUT2D eigenvalue weighted by atomic mass is 28.4. The number of amides is 2. The SMILES string of the molecule is C[Si](C)(O)CCNC(=O)CC[C@H](NC(=O)c1ccc(CCc2c[nH]c3nc(N)[nH]c(=O)c23)cc1)C(=O)O. The van der Waals surface area contributed by atoms with Crippen LogP contribution in [0, 0.1) is 0 Å². The molecule has 1 atom stereocenters. The number of aromatic amines is 2. The highest BCUT2D eigenvalue weighted by Crippen LogP contribution is 2.16. The van der Waals surface area contributed by atoms with Crippen LogP contribution in [0.4, 0.5) is 5.95 Å². The van der Waals surface area contributed by atoms with Crippen LogP contribution in [-0.4, -0.2) is 63.5 Å². The summed E-state index contributed by atoms with van der Waals surface area (Å²) in [5.41, 5.74) is 7.68. The van der Waals surface area contributed by atoms with Gasteiger partial charge in [-0.25, -0.2) is 4.79 Å². The first-order valence-electron chi connectivity index (χ1n) is 11.9. The van der Waals surface area contributed by atoms with Crippen molar-refractivity contribution in [1.82, 2.24) is 25.6 Å². The van der Waals surface area contributed by atoms with Gasteiger partial charge >= 0.3 is 5.97 Å². The van der Waals surface area contributed by atoms with Gasteiger partial charge in [0.2, 0.25) is 11.9 Å². The first-order chi connectivity index (χ1) is 17.4. The smallest absolute Gasteiger partial charge is 0.326 e. The number of aliphatic carboxylic acids is 1. The van der Waals surface area contributed by atoms with Crippen molar-refractivity contribution in [3.05, 3.63) is 57.5 Å². The Morgan fingerprint density at radius 2 is 1.86 bits per heavy atom. The molecule has 12 nitrogen and oxygen atoms in total. The minimum absolute atomic E-state index is 0.0386. The lowest BCUT2D eigenvalue weighted by Crippen LogP contribution is -2.42. The number of aryl methyl sites for hydroxylation is 2. The predicted molar refractivity (Wildman–Crippen MR) is 141 cm³/mol. The minimum atomic E-state index is -2.27. The summed E-state index contributed by atoms with van der Waals surface area (Å²) in [5, 5.41) is 15.0. The van der Waals surface area contributed by atoms with Gasteiger partial charge in [0, 0.05) is 24.7 Å². The van der Waals surface area contributed by atoms with Gasteiger partial charge in [-0.15, -0.1) is 0 Å². The normalized spacial score (nSPS) is 12.3. The number of fused-ring (bicyclic) bond motifs is 1. The fourth-order valence-corrected chi connectivity index (χ4v) is 4.53. The number of benzene rings is 1. The molecular formula is C24H32N6O6Si. The molecule has 0 saturated carbocycles. The molecule has 198 valence electrons. The van der Waals surface area contributed by atoms with Crippen LogP contribution in [0.3, 0.4) is 0 Å². The van der Waals surface area contributed by atoms with Gasteiger partial charge in [-0.3, -0.25) is 19.4 Å². The number of anilines is 1. The number of hydrogen-bond acceptors (Lipinski definition) is 7. The molecule has 0 fully saturated rings. The molecule has 0 unspecified atom stereocenters. The van der Waals surface area contributed by atoms with Crippen molar-refractivity contribution in [2.75, 3.05) is 12.3 Å². The predicted octanol–water partition coefficient (Wildman–Crippen LogP) is 0.895. The Hall–Kier alpha value is -3.97. The van der Waals surface area contributed by atoms with Gasteiger partial charge in [0.1, 0.15) is 11.7 Å². The number of nitrogens with two attached hydrogens (primary N) is 1. The van der Waals surface area contributed by atoms with Crippen molar-refractivity contribution in [2.24, 2.45) is 0 Å². The van der Waals surface area contributed by atoms with Gasteiger partial charge < -0.3 is 31.3 Å². The molecule has 2 amide bonds. The fourth-order valence-electron chi connectivity index (χ4n) is 3.79. The van der Waals surface area contributed by atoms with E-state index in [1.54, 1.807) is 43.6 Å². The van der Waals surface area contributed by atoms with Gasteiger partial charge in [0.05, 0.1) is 5.39 Å². The maximum absolute atomic E-state index is 12.6. The van der Waals surface area contributed by atoms with Crippen molar-refractivity contribution >= 4 is 43.1 Å². The van der Waals surface area contributed by atoms with Crippen LogP contribution in [0.15, 0.2) is 35.3 Å². The van der Waals surface area contributed by atoms with Gasteiger partial charge in [0.25, 0.3) is 11.5 Å². The number of nitrogens with one attached hydrogen (secondary N) is 4. The molecule has 0 bridgehead atoms. The van der Waals surface area contributed by atoms with E-state index in [1.165, 1.54) is 0 Å². The van der Waals surface area contributed by atoms with E-state index in [9.17, 15) is 29.1 Å². The number of aromatic nitrogens is 3. The van der Waals surface area contributed by atoms with E-state index in [1.807, 2.05) is 0 Å². The molecule has 0 spiro atoms. The Morgan fingerprint density at radius 1 is 1.16 bits per heavy atom. The van der Waals surface area contributed by atoms with Crippen molar-refractivity contribution in [1.29, 1.82) is 0 Å². The number of rotatable bonds is 12. The van der Waals surface area contributed by atoms with Crippen LogP contribution in [0.25, 0.3) is 11.0 Å². The topological polar surface area (TPSA) is 203 Å². The fraction of sp³-hybridized carbons (Fsp3) is 0.375. The second-order valence-corrected chi connectivity index (χ2v) is 13.6. The lowest BCUT2D eigenvalue weighted by atomic mass is 10.0. The number of nitrogens with zero attached hydrogens (tertiary/aromatic N) is 1. The average Bonchev–Trinajstić information content (AvgIpc) is 3.22. The molecule has 1 aromatic carbocycles. The Balaban J connectivity index is 1.53. The number of carbonyl (C=O) groups excluding carboxylic acids is 2. The zero-order chi connectivity index (χ0) is 27.2. The lowest BCUT2D eigenvalue weighted by Gasteiger charge is -2.16. The molecule has 0 aliphatic heterocycles. The Bertz CT molecular complexity index is 1330. The summed E-state index contributed by atoms with van der Waals surface area (Å²) in [6.07, 6.45) is 2.75. The van der Waals surface area contributed by atoms with Crippen LogP contribution in [0.5, 0.6) is 0 Å². The van der Waals surface area contributed by atoms with Crippen LogP contribution in [0.2, 0.25) is 19.1 Å². The highest BCUT2D eigenvalue weighted by molar-refractivity contribution is 6.69. The third kappa shape index (κ3) is 8.01. The molecule has 37 heavy (non-hydrogen) atoms. The summed E-state index contributed by atoms with van der Waals surface area (Å²) in [4.78, 5) is 67.7. The van der Waals surface area contributed by atoms with Crippen LogP contribution >= 0.6 is 0 Å². The summed E-state index contributed by atoms with van der Waals surface area (Å²) < 4.78 is 0. The van der Waals surface area contributed by atoms with Crippen molar-refractivity contribution in [3.8, 4) is 0 Å². The molecule has 0 saturated heterocycles. The standard InChI is InChI=1S/C24H32N6O6Si/c1-37(2,36)12-11-26-18(31)10-9-17(23(34)35)28-21(32)15-6-3-14(4-7-15)5-8-16-13-27-20-19(16)22(33)30-24(25)29-20/h3-4,6-7,13,17,36H,5,8-12H2,1-2H3,(H,26,31)(H,28,32)(H,34,35)(H4,25,27,29,30,33)/t17-/m0/s1. The van der Waals surface area contributed by atoms with E-state index in [0.717, 1.165) is 11.1 Å². The van der Waals surface area contributed by atoms with E-state index in [2.05, 4.69) is 25.6 Å². The van der Waals surface area contributed by atoms with E-state index in [0.29, 0.717) is 36.5 Å². The summed E-state index contributed by atoms with van der Waals surface area (Å²) in [7, 11) is -2.27. The molecule has 3 rings (SSSR count). The maximum Gasteiger partial charge on any atom is 0.326 e. The molecule has 3 aromatic rings. The molecule has 0 radical (unpaired) electrons. The lowest BCUT2D eigenvalue weighted by molar-refractivity contribution is -0.139. The van der Waals surface area contributed by atoms with Gasteiger partial charge in [-0.05, 0) is 61.7 Å². The largest absolute Gasteiger partial charge is 0.480 e. The Morgan fingerprint density at radius 3 is 2.51 bits per heavy atom. The molecule has 2 aromatic heterocycles. The van der Waals surface area contributed by atoms with E-state index >= 15 is 0 Å². The number of H-pyrrole nitrogens is 2. The summed E-state index contributed by atoms with van der Waals surface area (Å²) >= 11 is 0. The third-order valence-electron chi connectivity index (χ3n) is 5.86. The average molecular weight is 529 g/mol. The van der Waals surface area contributed by atoms with E-state index < -0.39 is 26.2 Å². The number of carboxylic acids is 1. The van der Waals surface area contributed by atoms with Crippen molar-refractivity contribution < 1.29 is 24.3 Å². The summed E-state index contributed by atoms with van der Waals surface area (Å²) in [5.74, 6) is -2.08. The molecule has 0 aliphatic rings. The first-order valence-corrected chi connectivity index (χ1v) is 15.1. The molecule has 2 heterocycles. The molecular weight excluding hydrogens is 496 g/mol. The van der Waals surface area contributed by atoms with Crippen molar-refractivity contribution in [2.45, 2.75) is 50.9 Å². The van der Waals surface area contributed by atoms with Crippen LogP contribution < -0.4 is 21.9 Å².